The number of anilines is 1. The first-order valence-electron chi connectivity index (χ1n) is 19.0. The molecule has 1 saturated heterocycles. The van der Waals surface area contributed by atoms with Crippen LogP contribution in [0.15, 0.2) is 109 Å². The fourth-order valence-electron chi connectivity index (χ4n) is 9.02. The lowest BCUT2D eigenvalue weighted by Crippen LogP contribution is -2.36. The number of morpholine rings is 1. The van der Waals surface area contributed by atoms with Crippen molar-refractivity contribution >= 4 is 22.5 Å². The Morgan fingerprint density at radius 3 is 1.96 bits per heavy atom. The lowest BCUT2D eigenvalue weighted by molar-refractivity contribution is -0.137. The van der Waals surface area contributed by atoms with Crippen LogP contribution in [-0.2, 0) is 21.9 Å². The minimum atomic E-state index is -4.50. The molecule has 2 aliphatic heterocycles. The van der Waals surface area contributed by atoms with Gasteiger partial charge in [-0.05, 0) is 93.4 Å². The van der Waals surface area contributed by atoms with Crippen molar-refractivity contribution in [2.75, 3.05) is 52.5 Å². The van der Waals surface area contributed by atoms with Gasteiger partial charge in [0.15, 0.2) is 5.60 Å². The second-order valence-corrected chi connectivity index (χ2v) is 15.2. The molecule has 6 nitrogen and oxygen atoms in total. The first kappa shape index (κ1) is 36.7. The van der Waals surface area contributed by atoms with E-state index in [1.165, 1.54) is 6.07 Å². The van der Waals surface area contributed by atoms with E-state index < -0.39 is 22.8 Å². The average molecular weight is 770 g/mol. The summed E-state index contributed by atoms with van der Waals surface area (Å²) in [6, 6.07) is 31.6. The standard InChI is InChI=1S/C48H42F3NO5/c1-46(2)40-26-29(34-8-6-7-9-39(34)48(49,50)51)10-19-35(40)43-37-27-41(52-22-24-56-25-23-52)42(55-5)28-38(37)45-36(44(43)46)20-21-47(57-45,30-11-15-32(53-3)16-12-30)31-13-17-33(54-4)18-14-31/h6-21,26-28H,22-25H2,1-5H3. The smallest absolute Gasteiger partial charge is 0.417 e. The molecule has 0 saturated carbocycles. The van der Waals surface area contributed by atoms with Gasteiger partial charge in [-0.2, -0.15) is 13.2 Å². The molecule has 0 spiro atoms. The summed E-state index contributed by atoms with van der Waals surface area (Å²) in [6.45, 7) is 6.91. The highest BCUT2D eigenvalue weighted by molar-refractivity contribution is 6.10. The Bertz CT molecular complexity index is 2510. The maximum Gasteiger partial charge on any atom is 0.417 e. The molecule has 1 fully saturated rings. The zero-order chi connectivity index (χ0) is 39.7. The fraction of sp³-hybridized carbons (Fsp3) is 0.250. The summed E-state index contributed by atoms with van der Waals surface area (Å²) in [5, 5.41) is 1.83. The normalized spacial score (nSPS) is 16.4. The summed E-state index contributed by atoms with van der Waals surface area (Å²) < 4.78 is 73.4. The molecule has 0 amide bonds. The van der Waals surface area contributed by atoms with E-state index in [-0.39, 0.29) is 5.56 Å². The Kier molecular flexibility index (Phi) is 8.77. The number of alkyl halides is 3. The van der Waals surface area contributed by atoms with E-state index in [9.17, 15) is 13.2 Å². The molecule has 6 aromatic carbocycles. The molecule has 0 aromatic heterocycles. The molecule has 0 unspecified atom stereocenters. The third kappa shape index (κ3) is 5.81. The third-order valence-corrected chi connectivity index (χ3v) is 11.9. The van der Waals surface area contributed by atoms with Gasteiger partial charge in [-0.15, -0.1) is 0 Å². The van der Waals surface area contributed by atoms with Crippen molar-refractivity contribution in [3.8, 4) is 45.3 Å². The Balaban J connectivity index is 1.33. The van der Waals surface area contributed by atoms with Crippen molar-refractivity contribution < 1.29 is 36.9 Å². The molecule has 290 valence electrons. The number of benzene rings is 6. The Morgan fingerprint density at radius 2 is 1.35 bits per heavy atom. The largest absolute Gasteiger partial charge is 0.497 e. The molecular formula is C48H42F3NO5. The van der Waals surface area contributed by atoms with Crippen LogP contribution in [0.4, 0.5) is 18.9 Å². The number of hydrogen-bond donors (Lipinski definition) is 0. The van der Waals surface area contributed by atoms with Crippen LogP contribution in [0.3, 0.4) is 0 Å². The van der Waals surface area contributed by atoms with Crippen LogP contribution in [0.25, 0.3) is 39.1 Å². The van der Waals surface area contributed by atoms with Gasteiger partial charge in [-0.1, -0.05) is 74.5 Å². The maximum atomic E-state index is 14.3. The van der Waals surface area contributed by atoms with E-state index >= 15 is 0 Å². The second kappa shape index (κ2) is 13.6. The number of ether oxygens (including phenoxy) is 5. The number of methoxy groups -OCH3 is 3. The van der Waals surface area contributed by atoms with Crippen molar-refractivity contribution in [2.45, 2.75) is 31.0 Å². The van der Waals surface area contributed by atoms with E-state index in [4.69, 9.17) is 23.7 Å². The predicted octanol–water partition coefficient (Wildman–Crippen LogP) is 11.0. The highest BCUT2D eigenvalue weighted by atomic mass is 19.4. The molecule has 1 aliphatic carbocycles. The third-order valence-electron chi connectivity index (χ3n) is 11.9. The van der Waals surface area contributed by atoms with Crippen molar-refractivity contribution in [1.82, 2.24) is 0 Å². The quantitative estimate of drug-likeness (QED) is 0.161. The van der Waals surface area contributed by atoms with Crippen LogP contribution in [0.2, 0.25) is 0 Å². The van der Waals surface area contributed by atoms with E-state index in [1.807, 2.05) is 66.7 Å². The topological polar surface area (TPSA) is 49.4 Å². The lowest BCUT2D eigenvalue weighted by atomic mass is 9.76. The van der Waals surface area contributed by atoms with Crippen LogP contribution in [0.1, 0.15) is 47.2 Å². The minimum absolute atomic E-state index is 0.151. The highest BCUT2D eigenvalue weighted by Gasteiger charge is 2.45. The van der Waals surface area contributed by atoms with Crippen LogP contribution in [0, 0.1) is 0 Å². The number of fused-ring (bicyclic) bond motifs is 8. The van der Waals surface area contributed by atoms with Gasteiger partial charge < -0.3 is 28.6 Å². The highest BCUT2D eigenvalue weighted by Crippen LogP contribution is 2.60. The zero-order valence-corrected chi connectivity index (χ0v) is 32.4. The van der Waals surface area contributed by atoms with Gasteiger partial charge in [0.1, 0.15) is 23.0 Å². The first-order chi connectivity index (χ1) is 27.5. The SMILES string of the molecule is COc1ccc(C2(c3ccc(OC)cc3)C=Cc3c4c(c5cc(N6CCOCC6)c(OC)cc5c3O2)-c2ccc(-c3ccccc3C(F)(F)F)cc2C4(C)C)cc1. The number of halogens is 3. The van der Waals surface area contributed by atoms with Crippen LogP contribution in [-0.4, -0.2) is 47.6 Å². The molecule has 57 heavy (non-hydrogen) atoms. The maximum absolute atomic E-state index is 14.3. The van der Waals surface area contributed by atoms with E-state index in [0.29, 0.717) is 43.4 Å². The molecule has 0 bridgehead atoms. The van der Waals surface area contributed by atoms with E-state index in [2.05, 4.69) is 43.0 Å². The van der Waals surface area contributed by atoms with E-state index in [0.717, 1.165) is 73.0 Å². The van der Waals surface area contributed by atoms with Gasteiger partial charge in [0.25, 0.3) is 0 Å². The van der Waals surface area contributed by atoms with Crippen molar-refractivity contribution in [3.63, 3.8) is 0 Å². The first-order valence-corrected chi connectivity index (χ1v) is 19.0. The molecule has 0 radical (unpaired) electrons. The summed E-state index contributed by atoms with van der Waals surface area (Å²) in [5.41, 5.74) is 5.99. The molecular weight excluding hydrogens is 728 g/mol. The molecule has 9 rings (SSSR count). The number of nitrogens with zero attached hydrogens (tertiary/aromatic N) is 1. The molecule has 0 atom stereocenters. The summed E-state index contributed by atoms with van der Waals surface area (Å²) in [4.78, 5) is 2.28. The number of hydrogen-bond acceptors (Lipinski definition) is 6. The molecule has 9 heteroatoms. The Morgan fingerprint density at radius 1 is 0.702 bits per heavy atom. The van der Waals surface area contributed by atoms with Crippen molar-refractivity contribution in [1.29, 1.82) is 0 Å². The van der Waals surface area contributed by atoms with Gasteiger partial charge in [-0.3, -0.25) is 0 Å². The second-order valence-electron chi connectivity index (χ2n) is 15.2. The Hall–Kier alpha value is -5.93. The molecule has 3 aliphatic rings. The van der Waals surface area contributed by atoms with Crippen LogP contribution in [0.5, 0.6) is 23.0 Å². The monoisotopic (exact) mass is 769 g/mol. The van der Waals surface area contributed by atoms with Crippen LogP contribution >= 0.6 is 0 Å². The average Bonchev–Trinajstić information content (AvgIpc) is 3.48. The summed E-state index contributed by atoms with van der Waals surface area (Å²) in [6.07, 6.45) is -0.239. The van der Waals surface area contributed by atoms with Gasteiger partial charge in [0.2, 0.25) is 0 Å². The summed E-state index contributed by atoms with van der Waals surface area (Å²) >= 11 is 0. The summed E-state index contributed by atoms with van der Waals surface area (Å²) in [5.74, 6) is 2.85. The van der Waals surface area contributed by atoms with Crippen molar-refractivity contribution in [2.24, 2.45) is 0 Å². The number of rotatable bonds is 7. The van der Waals surface area contributed by atoms with Gasteiger partial charge in [0, 0.05) is 40.6 Å². The van der Waals surface area contributed by atoms with Crippen molar-refractivity contribution in [3.05, 3.63) is 143 Å². The Labute approximate surface area is 330 Å². The van der Waals surface area contributed by atoms with E-state index in [1.54, 1.807) is 33.5 Å². The summed E-state index contributed by atoms with van der Waals surface area (Å²) in [7, 11) is 4.97. The molecule has 0 N–H and O–H groups in total. The van der Waals surface area contributed by atoms with Gasteiger partial charge in [-0.25, -0.2) is 0 Å². The lowest BCUT2D eigenvalue weighted by Gasteiger charge is -2.39. The fourth-order valence-corrected chi connectivity index (χ4v) is 9.02. The predicted molar refractivity (Wildman–Crippen MR) is 218 cm³/mol. The molecule has 6 aromatic rings. The van der Waals surface area contributed by atoms with Gasteiger partial charge >= 0.3 is 6.18 Å². The van der Waals surface area contributed by atoms with Gasteiger partial charge in [0.05, 0.1) is 45.8 Å². The zero-order valence-electron chi connectivity index (χ0n) is 32.4. The molecule has 2 heterocycles. The minimum Gasteiger partial charge on any atom is -0.497 e. The van der Waals surface area contributed by atoms with Crippen LogP contribution < -0.4 is 23.8 Å².